The van der Waals surface area contributed by atoms with Gasteiger partial charge in [-0.25, -0.2) is 9.78 Å². The van der Waals surface area contributed by atoms with E-state index in [4.69, 9.17) is 9.47 Å². The van der Waals surface area contributed by atoms with Crippen molar-refractivity contribution in [3.8, 4) is 0 Å². The van der Waals surface area contributed by atoms with Crippen LogP contribution in [0.5, 0.6) is 0 Å². The van der Waals surface area contributed by atoms with Crippen molar-refractivity contribution in [2.45, 2.75) is 65.0 Å². The van der Waals surface area contributed by atoms with Crippen molar-refractivity contribution in [1.82, 2.24) is 4.98 Å². The van der Waals surface area contributed by atoms with Crippen LogP contribution in [0.2, 0.25) is 0 Å². The highest BCUT2D eigenvalue weighted by Gasteiger charge is 2.35. The van der Waals surface area contributed by atoms with Gasteiger partial charge < -0.3 is 9.47 Å². The topological polar surface area (TPSA) is 68.7 Å². The number of hydrogen-bond donors (Lipinski definition) is 0. The zero-order chi connectivity index (χ0) is 17.7. The standard InChI is InChI=1S/C18H26N2O4/c1-5-23-15(21)11-10-14-9-8-13-7-6-12-19-16(13)20(14)17(22)24-18(2,3)4/h6-7,12,14H,5,8-11H2,1-4H3. The van der Waals surface area contributed by atoms with E-state index in [0.717, 1.165) is 18.4 Å². The summed E-state index contributed by atoms with van der Waals surface area (Å²) in [5.74, 6) is 0.389. The van der Waals surface area contributed by atoms with E-state index in [2.05, 4.69) is 4.98 Å². The minimum Gasteiger partial charge on any atom is -0.466 e. The largest absolute Gasteiger partial charge is 0.466 e. The molecule has 6 heteroatoms. The average Bonchev–Trinajstić information content (AvgIpc) is 2.50. The monoisotopic (exact) mass is 334 g/mol. The van der Waals surface area contributed by atoms with E-state index >= 15 is 0 Å². The van der Waals surface area contributed by atoms with Gasteiger partial charge in [-0.2, -0.15) is 0 Å². The molecule has 0 spiro atoms. The molecule has 1 unspecified atom stereocenters. The zero-order valence-corrected chi connectivity index (χ0v) is 14.9. The van der Waals surface area contributed by atoms with Gasteiger partial charge in [-0.05, 0) is 58.6 Å². The first-order valence-corrected chi connectivity index (χ1v) is 8.43. The quantitative estimate of drug-likeness (QED) is 0.789. The van der Waals surface area contributed by atoms with Gasteiger partial charge in [0.15, 0.2) is 0 Å². The third kappa shape index (κ3) is 4.69. The number of amides is 1. The Hall–Kier alpha value is -2.11. The average molecular weight is 334 g/mol. The normalized spacial score (nSPS) is 17.2. The predicted molar refractivity (Wildman–Crippen MR) is 90.9 cm³/mol. The highest BCUT2D eigenvalue weighted by molar-refractivity contribution is 5.89. The molecular formula is C18H26N2O4. The molecule has 132 valence electrons. The number of pyridine rings is 1. The van der Waals surface area contributed by atoms with E-state index in [1.165, 1.54) is 0 Å². The minimum atomic E-state index is -0.588. The summed E-state index contributed by atoms with van der Waals surface area (Å²) in [6, 6.07) is 3.72. The van der Waals surface area contributed by atoms with E-state index in [1.807, 2.05) is 32.9 Å². The summed E-state index contributed by atoms with van der Waals surface area (Å²) in [5, 5.41) is 0. The van der Waals surface area contributed by atoms with Crippen LogP contribution in [0.4, 0.5) is 10.6 Å². The first kappa shape index (κ1) is 18.2. The van der Waals surface area contributed by atoms with Gasteiger partial charge in [0, 0.05) is 18.7 Å². The summed E-state index contributed by atoms with van der Waals surface area (Å²) in [6.07, 6.45) is 3.67. The van der Waals surface area contributed by atoms with Crippen LogP contribution in [0.1, 0.15) is 52.5 Å². The summed E-state index contributed by atoms with van der Waals surface area (Å²) in [6.45, 7) is 7.65. The molecule has 1 aliphatic rings. The van der Waals surface area contributed by atoms with Gasteiger partial charge in [0.2, 0.25) is 0 Å². The van der Waals surface area contributed by atoms with Crippen molar-refractivity contribution in [2.75, 3.05) is 11.5 Å². The number of hydrogen-bond acceptors (Lipinski definition) is 5. The summed E-state index contributed by atoms with van der Waals surface area (Å²) < 4.78 is 10.5. The Morgan fingerprint density at radius 3 is 2.79 bits per heavy atom. The number of nitrogens with zero attached hydrogens (tertiary/aromatic N) is 2. The Morgan fingerprint density at radius 1 is 1.38 bits per heavy atom. The fourth-order valence-electron chi connectivity index (χ4n) is 2.80. The van der Waals surface area contributed by atoms with Gasteiger partial charge in [0.05, 0.1) is 6.61 Å². The van der Waals surface area contributed by atoms with Gasteiger partial charge in [-0.15, -0.1) is 0 Å². The molecule has 0 aromatic carbocycles. The molecule has 0 N–H and O–H groups in total. The predicted octanol–water partition coefficient (Wildman–Crippen LogP) is 3.48. The van der Waals surface area contributed by atoms with Crippen LogP contribution < -0.4 is 4.90 Å². The van der Waals surface area contributed by atoms with Gasteiger partial charge >= 0.3 is 12.1 Å². The molecule has 1 amide bonds. The van der Waals surface area contributed by atoms with Gasteiger partial charge in [-0.3, -0.25) is 9.69 Å². The number of aromatic nitrogens is 1. The summed E-state index contributed by atoms with van der Waals surface area (Å²) in [5.41, 5.74) is 0.436. The third-order valence-electron chi connectivity index (χ3n) is 3.78. The first-order valence-electron chi connectivity index (χ1n) is 8.43. The SMILES string of the molecule is CCOC(=O)CCC1CCc2cccnc2N1C(=O)OC(C)(C)C. The third-order valence-corrected chi connectivity index (χ3v) is 3.78. The minimum absolute atomic E-state index is 0.119. The lowest BCUT2D eigenvalue weighted by Crippen LogP contribution is -2.47. The smallest absolute Gasteiger partial charge is 0.416 e. The van der Waals surface area contributed by atoms with Crippen LogP contribution in [-0.2, 0) is 20.7 Å². The Bertz CT molecular complexity index is 595. The number of ether oxygens (including phenoxy) is 2. The lowest BCUT2D eigenvalue weighted by atomic mass is 9.95. The van der Waals surface area contributed by atoms with E-state index in [1.54, 1.807) is 18.0 Å². The molecule has 1 aliphatic heterocycles. The summed E-state index contributed by atoms with van der Waals surface area (Å²) in [7, 11) is 0. The molecule has 2 rings (SSSR count). The Balaban J connectivity index is 2.20. The maximum Gasteiger partial charge on any atom is 0.416 e. The second-order valence-corrected chi connectivity index (χ2v) is 6.87. The molecule has 1 aromatic rings. The van der Waals surface area contributed by atoms with Crippen LogP contribution in [0.25, 0.3) is 0 Å². The fraction of sp³-hybridized carbons (Fsp3) is 0.611. The van der Waals surface area contributed by atoms with Crippen molar-refractivity contribution in [3.05, 3.63) is 23.9 Å². The highest BCUT2D eigenvalue weighted by atomic mass is 16.6. The van der Waals surface area contributed by atoms with Crippen LogP contribution >= 0.6 is 0 Å². The molecule has 0 saturated heterocycles. The second kappa shape index (κ2) is 7.64. The number of carbonyl (C=O) groups excluding carboxylic acids is 2. The number of carbonyl (C=O) groups is 2. The Labute approximate surface area is 143 Å². The number of fused-ring (bicyclic) bond motifs is 1. The number of aryl methyl sites for hydroxylation is 1. The van der Waals surface area contributed by atoms with Gasteiger partial charge in [0.1, 0.15) is 11.4 Å². The fourth-order valence-corrected chi connectivity index (χ4v) is 2.80. The van der Waals surface area contributed by atoms with E-state index in [9.17, 15) is 9.59 Å². The lowest BCUT2D eigenvalue weighted by Gasteiger charge is -2.37. The molecule has 0 fully saturated rings. The molecule has 1 aromatic heterocycles. The van der Waals surface area contributed by atoms with Gasteiger partial charge in [-0.1, -0.05) is 6.07 Å². The number of esters is 1. The van der Waals surface area contributed by atoms with Gasteiger partial charge in [0.25, 0.3) is 0 Å². The number of anilines is 1. The van der Waals surface area contributed by atoms with E-state index in [0.29, 0.717) is 18.8 Å². The van der Waals surface area contributed by atoms with Crippen molar-refractivity contribution < 1.29 is 19.1 Å². The summed E-state index contributed by atoms with van der Waals surface area (Å²) in [4.78, 5) is 30.3. The summed E-state index contributed by atoms with van der Waals surface area (Å²) >= 11 is 0. The Morgan fingerprint density at radius 2 is 2.12 bits per heavy atom. The van der Waals surface area contributed by atoms with E-state index < -0.39 is 11.7 Å². The molecule has 6 nitrogen and oxygen atoms in total. The molecule has 24 heavy (non-hydrogen) atoms. The number of rotatable bonds is 4. The molecule has 2 heterocycles. The first-order chi connectivity index (χ1) is 11.3. The van der Waals surface area contributed by atoms with Crippen LogP contribution in [0, 0.1) is 0 Å². The van der Waals surface area contributed by atoms with Crippen molar-refractivity contribution in [1.29, 1.82) is 0 Å². The molecule has 0 radical (unpaired) electrons. The molecule has 0 bridgehead atoms. The maximum atomic E-state index is 12.7. The highest BCUT2D eigenvalue weighted by Crippen LogP contribution is 2.32. The van der Waals surface area contributed by atoms with Crippen LogP contribution in [0.15, 0.2) is 18.3 Å². The maximum absolute atomic E-state index is 12.7. The Kier molecular flexibility index (Phi) is 5.80. The van der Waals surface area contributed by atoms with Crippen molar-refractivity contribution in [3.63, 3.8) is 0 Å². The van der Waals surface area contributed by atoms with Crippen LogP contribution in [0.3, 0.4) is 0 Å². The lowest BCUT2D eigenvalue weighted by molar-refractivity contribution is -0.143. The molecule has 0 saturated carbocycles. The van der Waals surface area contributed by atoms with Crippen molar-refractivity contribution >= 4 is 17.9 Å². The van der Waals surface area contributed by atoms with Crippen molar-refractivity contribution in [2.24, 2.45) is 0 Å². The molecular weight excluding hydrogens is 308 g/mol. The van der Waals surface area contributed by atoms with Crippen LogP contribution in [-0.4, -0.2) is 35.3 Å². The molecule has 1 atom stereocenters. The molecule has 0 aliphatic carbocycles. The van der Waals surface area contributed by atoms with E-state index in [-0.39, 0.29) is 18.4 Å². The second-order valence-electron chi connectivity index (χ2n) is 6.87. The zero-order valence-electron chi connectivity index (χ0n) is 14.9.